The lowest BCUT2D eigenvalue weighted by Crippen LogP contribution is -2.32. The number of nitrogens with two attached hydrogens (primary N) is 1. The van der Waals surface area contributed by atoms with Crippen LogP contribution in [-0.2, 0) is 0 Å². The van der Waals surface area contributed by atoms with Gasteiger partial charge in [0.15, 0.2) is 0 Å². The minimum absolute atomic E-state index is 0.0000926. The van der Waals surface area contributed by atoms with Crippen LogP contribution >= 0.6 is 0 Å². The van der Waals surface area contributed by atoms with Gasteiger partial charge in [0.25, 0.3) is 0 Å². The molecule has 0 saturated carbocycles. The summed E-state index contributed by atoms with van der Waals surface area (Å²) in [6.45, 7) is 5.78. The van der Waals surface area contributed by atoms with Gasteiger partial charge in [-0.3, -0.25) is 5.01 Å². The van der Waals surface area contributed by atoms with Crippen LogP contribution in [0.1, 0.15) is 20.8 Å². The zero-order valence-corrected chi connectivity index (χ0v) is 6.55. The Hall–Kier alpha value is -0.570. The predicted octanol–water partition coefficient (Wildman–Crippen LogP) is 0.619. The Kier molecular flexibility index (Phi) is 3.24. The van der Waals surface area contributed by atoms with E-state index in [0.29, 0.717) is 0 Å². The smallest absolute Gasteiger partial charge is 0.0907 e. The highest BCUT2D eigenvalue weighted by atomic mass is 15.5. The van der Waals surface area contributed by atoms with Gasteiger partial charge in [0.05, 0.1) is 6.17 Å². The molecular formula is C6H15N3. The van der Waals surface area contributed by atoms with Crippen molar-refractivity contribution in [3.63, 3.8) is 0 Å². The first-order valence-corrected chi connectivity index (χ1v) is 3.04. The molecule has 0 aliphatic rings. The maximum absolute atomic E-state index is 5.50. The molecule has 9 heavy (non-hydrogen) atoms. The average molecular weight is 129 g/mol. The van der Waals surface area contributed by atoms with E-state index in [2.05, 4.69) is 5.10 Å². The van der Waals surface area contributed by atoms with E-state index in [4.69, 9.17) is 5.73 Å². The van der Waals surface area contributed by atoms with Crippen LogP contribution < -0.4 is 5.73 Å². The van der Waals surface area contributed by atoms with Crippen molar-refractivity contribution in [2.75, 3.05) is 7.05 Å². The van der Waals surface area contributed by atoms with Gasteiger partial charge in [-0.1, -0.05) is 0 Å². The second kappa shape index (κ2) is 3.45. The van der Waals surface area contributed by atoms with Crippen molar-refractivity contribution in [3.8, 4) is 0 Å². The highest BCUT2D eigenvalue weighted by molar-refractivity contribution is 5.78. The van der Waals surface area contributed by atoms with E-state index < -0.39 is 0 Å². The summed E-state index contributed by atoms with van der Waals surface area (Å²) in [4.78, 5) is 0. The quantitative estimate of drug-likeness (QED) is 0.337. The Bertz CT molecular complexity index is 103. The van der Waals surface area contributed by atoms with Crippen molar-refractivity contribution in [2.45, 2.75) is 26.9 Å². The zero-order chi connectivity index (χ0) is 7.44. The summed E-state index contributed by atoms with van der Waals surface area (Å²) in [5, 5.41) is 5.83. The van der Waals surface area contributed by atoms with E-state index in [1.54, 1.807) is 5.01 Å². The molecule has 0 saturated heterocycles. The zero-order valence-electron chi connectivity index (χ0n) is 6.55. The van der Waals surface area contributed by atoms with Gasteiger partial charge in [-0.2, -0.15) is 5.10 Å². The molecular weight excluding hydrogens is 114 g/mol. The number of nitrogens with zero attached hydrogens (tertiary/aromatic N) is 2. The largest absolute Gasteiger partial charge is 0.310 e. The normalized spacial score (nSPS) is 12.6. The highest BCUT2D eigenvalue weighted by Gasteiger charge is 1.96. The molecule has 0 aliphatic carbocycles. The van der Waals surface area contributed by atoms with Gasteiger partial charge < -0.3 is 5.73 Å². The molecule has 0 spiro atoms. The van der Waals surface area contributed by atoms with Gasteiger partial charge in [-0.05, 0) is 20.8 Å². The minimum atomic E-state index is -0.0000926. The molecule has 2 N–H and O–H groups in total. The topological polar surface area (TPSA) is 41.6 Å². The molecule has 0 aliphatic heterocycles. The van der Waals surface area contributed by atoms with Crippen LogP contribution in [0.5, 0.6) is 0 Å². The maximum atomic E-state index is 5.50. The summed E-state index contributed by atoms with van der Waals surface area (Å²) in [7, 11) is 1.86. The lowest BCUT2D eigenvalue weighted by Gasteiger charge is -2.17. The minimum Gasteiger partial charge on any atom is -0.310 e. The first-order chi connectivity index (χ1) is 4.04. The average Bonchev–Trinajstić information content (AvgIpc) is 1.63. The van der Waals surface area contributed by atoms with Crippen molar-refractivity contribution in [1.82, 2.24) is 5.01 Å². The molecule has 1 unspecified atom stereocenters. The van der Waals surface area contributed by atoms with Crippen molar-refractivity contribution in [3.05, 3.63) is 0 Å². The van der Waals surface area contributed by atoms with Crippen LogP contribution in [0.2, 0.25) is 0 Å². The van der Waals surface area contributed by atoms with Gasteiger partial charge in [-0.25, -0.2) is 0 Å². The maximum Gasteiger partial charge on any atom is 0.0907 e. The fraction of sp³-hybridized carbons (Fsp3) is 0.833. The van der Waals surface area contributed by atoms with E-state index in [9.17, 15) is 0 Å². The third-order valence-corrected chi connectivity index (χ3v) is 0.947. The van der Waals surface area contributed by atoms with Gasteiger partial charge in [-0.15, -0.1) is 0 Å². The van der Waals surface area contributed by atoms with E-state index in [0.717, 1.165) is 5.71 Å². The van der Waals surface area contributed by atoms with Crippen molar-refractivity contribution in [1.29, 1.82) is 0 Å². The molecule has 1 atom stereocenters. The van der Waals surface area contributed by atoms with Gasteiger partial charge in [0, 0.05) is 12.8 Å². The molecule has 0 radical (unpaired) electrons. The van der Waals surface area contributed by atoms with E-state index in [-0.39, 0.29) is 6.17 Å². The fourth-order valence-electron chi connectivity index (χ4n) is 0.407. The molecule has 3 heteroatoms. The molecule has 54 valence electrons. The van der Waals surface area contributed by atoms with Crippen molar-refractivity contribution < 1.29 is 0 Å². The Morgan fingerprint density at radius 2 is 2.00 bits per heavy atom. The lowest BCUT2D eigenvalue weighted by atomic mass is 10.5. The standard InChI is InChI=1S/C6H15N3/c1-5(2)8-9(4)6(3)7/h6H,7H2,1-4H3. The van der Waals surface area contributed by atoms with E-state index in [1.165, 1.54) is 0 Å². The molecule has 0 aromatic carbocycles. The molecule has 0 fully saturated rings. The van der Waals surface area contributed by atoms with Crippen LogP contribution in [0.3, 0.4) is 0 Å². The summed E-state index contributed by atoms with van der Waals surface area (Å²) >= 11 is 0. The van der Waals surface area contributed by atoms with Crippen LogP contribution in [0, 0.1) is 0 Å². The molecule has 0 rings (SSSR count). The molecule has 0 amide bonds. The van der Waals surface area contributed by atoms with Crippen LogP contribution in [0.15, 0.2) is 5.10 Å². The highest BCUT2D eigenvalue weighted by Crippen LogP contribution is 1.88. The Labute approximate surface area is 56.5 Å². The van der Waals surface area contributed by atoms with E-state index in [1.807, 2.05) is 27.8 Å². The monoisotopic (exact) mass is 129 g/mol. The Morgan fingerprint density at radius 1 is 1.56 bits per heavy atom. The number of hydrogen-bond donors (Lipinski definition) is 1. The molecule has 0 heterocycles. The summed E-state index contributed by atoms with van der Waals surface area (Å²) in [5.41, 5.74) is 6.53. The SMILES string of the molecule is CC(C)=NN(C)C(C)N. The first-order valence-electron chi connectivity index (χ1n) is 3.04. The van der Waals surface area contributed by atoms with Crippen molar-refractivity contribution in [2.24, 2.45) is 10.8 Å². The first kappa shape index (κ1) is 8.43. The fourth-order valence-corrected chi connectivity index (χ4v) is 0.407. The van der Waals surface area contributed by atoms with Crippen LogP contribution in [0.4, 0.5) is 0 Å². The van der Waals surface area contributed by atoms with Crippen molar-refractivity contribution >= 4 is 5.71 Å². The molecule has 0 aromatic heterocycles. The number of hydrogen-bond acceptors (Lipinski definition) is 3. The summed E-state index contributed by atoms with van der Waals surface area (Å²) in [6.07, 6.45) is -0.0000926. The third kappa shape index (κ3) is 3.97. The summed E-state index contributed by atoms with van der Waals surface area (Å²) in [5.74, 6) is 0. The lowest BCUT2D eigenvalue weighted by molar-refractivity contribution is 0.277. The molecule has 0 aromatic rings. The molecule has 3 nitrogen and oxygen atoms in total. The number of rotatable bonds is 2. The van der Waals surface area contributed by atoms with Crippen LogP contribution in [-0.4, -0.2) is 23.9 Å². The third-order valence-electron chi connectivity index (χ3n) is 0.947. The Balaban J connectivity index is 3.76. The number of hydrazone groups is 1. The second-order valence-corrected chi connectivity index (χ2v) is 2.36. The van der Waals surface area contributed by atoms with Crippen LogP contribution in [0.25, 0.3) is 0 Å². The second-order valence-electron chi connectivity index (χ2n) is 2.36. The Morgan fingerprint density at radius 3 is 2.11 bits per heavy atom. The molecule has 0 bridgehead atoms. The predicted molar refractivity (Wildman–Crippen MR) is 40.2 cm³/mol. The van der Waals surface area contributed by atoms with Gasteiger partial charge in [0.1, 0.15) is 0 Å². The van der Waals surface area contributed by atoms with Gasteiger partial charge >= 0.3 is 0 Å². The van der Waals surface area contributed by atoms with Gasteiger partial charge in [0.2, 0.25) is 0 Å². The summed E-state index contributed by atoms with van der Waals surface area (Å²) < 4.78 is 0. The summed E-state index contributed by atoms with van der Waals surface area (Å²) in [6, 6.07) is 0. The van der Waals surface area contributed by atoms with E-state index >= 15 is 0 Å².